The van der Waals surface area contributed by atoms with Gasteiger partial charge in [-0.05, 0) is 13.5 Å². The fourth-order valence-electron chi connectivity index (χ4n) is 0.953. The van der Waals surface area contributed by atoms with E-state index in [1.807, 2.05) is 7.05 Å². The summed E-state index contributed by atoms with van der Waals surface area (Å²) in [7, 11) is 2.03. The first kappa shape index (κ1) is 6.77. The zero-order valence-electron chi connectivity index (χ0n) is 5.02. The number of nitrogens with zero attached hydrogens (tertiary/aromatic N) is 1. The summed E-state index contributed by atoms with van der Waals surface area (Å²) in [6.07, 6.45) is 1.30. The third-order valence-electron chi connectivity index (χ3n) is 1.55. The lowest BCUT2D eigenvalue weighted by Crippen LogP contribution is -2.26. The van der Waals surface area contributed by atoms with E-state index in [0.717, 1.165) is 6.04 Å². The number of nitrogens with one attached hydrogen (secondary N) is 1. The molecule has 1 rings (SSSR count). The van der Waals surface area contributed by atoms with Crippen LogP contribution in [0.4, 0.5) is 0 Å². The van der Waals surface area contributed by atoms with Crippen molar-refractivity contribution in [1.29, 1.82) is 0 Å². The lowest BCUT2D eigenvalue weighted by Gasteiger charge is -2.05. The van der Waals surface area contributed by atoms with Crippen LogP contribution in [0.25, 0.3) is 0 Å². The molecule has 0 aromatic rings. The Kier molecular flexibility index (Phi) is 2.52. The van der Waals surface area contributed by atoms with Gasteiger partial charge in [0.25, 0.3) is 0 Å². The highest BCUT2D eigenvalue weighted by Gasteiger charge is 2.17. The lowest BCUT2D eigenvalue weighted by molar-refractivity contribution is 0.569. The Bertz CT molecular complexity index is 76.8. The maximum Gasteiger partial charge on any atom is 0.0235 e. The molecule has 0 aromatic heterocycles. The van der Waals surface area contributed by atoms with Crippen LogP contribution < -0.4 is 5.32 Å². The molecule has 0 bridgehead atoms. The minimum atomic E-state index is 0.742. The summed E-state index contributed by atoms with van der Waals surface area (Å²) in [6, 6.07) is 0.742. The lowest BCUT2D eigenvalue weighted by atomic mass is 10.3. The van der Waals surface area contributed by atoms with Crippen molar-refractivity contribution in [3.8, 4) is 0 Å². The molecular formula is C5H11IN2. The van der Waals surface area contributed by atoms with Gasteiger partial charge in [-0.3, -0.25) is 0 Å². The van der Waals surface area contributed by atoms with Gasteiger partial charge in [0.15, 0.2) is 0 Å². The molecule has 0 saturated carbocycles. The SMILES string of the molecule is CN[C@@H]1CCN(I)C1. The van der Waals surface area contributed by atoms with E-state index < -0.39 is 0 Å². The highest BCUT2D eigenvalue weighted by molar-refractivity contribution is 14.1. The Morgan fingerprint density at radius 3 is 2.75 bits per heavy atom. The smallest absolute Gasteiger partial charge is 0.0235 e. The third kappa shape index (κ3) is 1.56. The average molecular weight is 226 g/mol. The Hall–Kier alpha value is 0.650. The van der Waals surface area contributed by atoms with Gasteiger partial charge in [0.2, 0.25) is 0 Å². The summed E-state index contributed by atoms with van der Waals surface area (Å²) in [5, 5.41) is 3.25. The van der Waals surface area contributed by atoms with Crippen LogP contribution in [0.5, 0.6) is 0 Å². The van der Waals surface area contributed by atoms with E-state index in [2.05, 4.69) is 31.3 Å². The number of hydrogen-bond donors (Lipinski definition) is 1. The standard InChI is InChI=1S/C5H11IN2/c1-7-5-2-3-8(6)4-5/h5,7H,2-4H2,1H3/t5-/m1/s1. The maximum atomic E-state index is 3.25. The molecule has 8 heavy (non-hydrogen) atoms. The Labute approximate surface area is 64.1 Å². The Balaban J connectivity index is 2.22. The quantitative estimate of drug-likeness (QED) is 0.521. The van der Waals surface area contributed by atoms with E-state index in [4.69, 9.17) is 0 Å². The number of likely N-dealkylation sites (N-methyl/N-ethyl adjacent to an activating group) is 1. The number of hydrogen-bond acceptors (Lipinski definition) is 2. The zero-order valence-corrected chi connectivity index (χ0v) is 7.18. The molecule has 0 aromatic carbocycles. The summed E-state index contributed by atoms with van der Waals surface area (Å²) in [4.78, 5) is 0. The van der Waals surface area contributed by atoms with Crippen LogP contribution in [-0.4, -0.2) is 29.3 Å². The fourth-order valence-corrected chi connectivity index (χ4v) is 1.71. The van der Waals surface area contributed by atoms with Crippen LogP contribution in [0, 0.1) is 0 Å². The van der Waals surface area contributed by atoms with Gasteiger partial charge in [0.1, 0.15) is 0 Å². The van der Waals surface area contributed by atoms with Gasteiger partial charge in [-0.15, -0.1) is 0 Å². The van der Waals surface area contributed by atoms with Crippen molar-refractivity contribution >= 4 is 22.9 Å². The molecule has 0 unspecified atom stereocenters. The number of rotatable bonds is 1. The number of halogens is 1. The van der Waals surface area contributed by atoms with E-state index in [-0.39, 0.29) is 0 Å². The average Bonchev–Trinajstić information content (AvgIpc) is 2.14. The van der Waals surface area contributed by atoms with E-state index in [0.29, 0.717) is 0 Å². The highest BCUT2D eigenvalue weighted by atomic mass is 127. The maximum absolute atomic E-state index is 3.25. The van der Waals surface area contributed by atoms with Gasteiger partial charge in [-0.1, -0.05) is 0 Å². The third-order valence-corrected chi connectivity index (χ3v) is 2.42. The van der Waals surface area contributed by atoms with Gasteiger partial charge in [-0.25, -0.2) is 3.11 Å². The van der Waals surface area contributed by atoms with E-state index >= 15 is 0 Å². The van der Waals surface area contributed by atoms with Crippen molar-refractivity contribution < 1.29 is 0 Å². The van der Waals surface area contributed by atoms with Crippen molar-refractivity contribution in [1.82, 2.24) is 8.43 Å². The molecule has 3 heteroatoms. The molecule has 2 nitrogen and oxygen atoms in total. The molecule has 0 spiro atoms. The Morgan fingerprint density at radius 1 is 1.75 bits per heavy atom. The molecule has 1 fully saturated rings. The van der Waals surface area contributed by atoms with Crippen LogP contribution in [0.1, 0.15) is 6.42 Å². The minimum Gasteiger partial charge on any atom is -0.316 e. The summed E-state index contributed by atoms with van der Waals surface area (Å²) in [5.41, 5.74) is 0. The van der Waals surface area contributed by atoms with Gasteiger partial charge in [0.05, 0.1) is 0 Å². The van der Waals surface area contributed by atoms with Crippen LogP contribution in [0.15, 0.2) is 0 Å². The second-order valence-corrected chi connectivity index (χ2v) is 3.51. The predicted molar refractivity (Wildman–Crippen MR) is 43.1 cm³/mol. The van der Waals surface area contributed by atoms with E-state index in [9.17, 15) is 0 Å². The second-order valence-electron chi connectivity index (χ2n) is 2.14. The molecule has 48 valence electrons. The van der Waals surface area contributed by atoms with E-state index in [1.54, 1.807) is 0 Å². The summed E-state index contributed by atoms with van der Waals surface area (Å²) in [5.74, 6) is 0. The van der Waals surface area contributed by atoms with Crippen molar-refractivity contribution in [3.05, 3.63) is 0 Å². The molecular weight excluding hydrogens is 215 g/mol. The van der Waals surface area contributed by atoms with Crippen LogP contribution in [0.2, 0.25) is 0 Å². The van der Waals surface area contributed by atoms with Crippen LogP contribution in [-0.2, 0) is 0 Å². The van der Waals surface area contributed by atoms with Crippen molar-refractivity contribution in [3.63, 3.8) is 0 Å². The predicted octanol–water partition coefficient (Wildman–Crippen LogP) is 0.630. The first-order valence-corrected chi connectivity index (χ1v) is 3.87. The molecule has 1 heterocycles. The topological polar surface area (TPSA) is 15.3 Å². The molecule has 1 aliphatic heterocycles. The van der Waals surface area contributed by atoms with Gasteiger partial charge in [0, 0.05) is 42.0 Å². The van der Waals surface area contributed by atoms with Crippen molar-refractivity contribution in [2.24, 2.45) is 0 Å². The van der Waals surface area contributed by atoms with Gasteiger partial charge < -0.3 is 5.32 Å². The van der Waals surface area contributed by atoms with Crippen LogP contribution >= 0.6 is 22.9 Å². The normalized spacial score (nSPS) is 31.5. The van der Waals surface area contributed by atoms with Gasteiger partial charge >= 0.3 is 0 Å². The zero-order chi connectivity index (χ0) is 5.98. The largest absolute Gasteiger partial charge is 0.316 e. The minimum absolute atomic E-state index is 0.742. The van der Waals surface area contributed by atoms with E-state index in [1.165, 1.54) is 19.5 Å². The first-order chi connectivity index (χ1) is 3.83. The molecule has 0 radical (unpaired) electrons. The van der Waals surface area contributed by atoms with Crippen molar-refractivity contribution in [2.75, 3.05) is 20.1 Å². The summed E-state index contributed by atoms with van der Waals surface area (Å²) < 4.78 is 2.32. The molecule has 1 N–H and O–H groups in total. The second kappa shape index (κ2) is 2.98. The highest BCUT2D eigenvalue weighted by Crippen LogP contribution is 2.11. The fraction of sp³-hybridized carbons (Fsp3) is 1.00. The first-order valence-electron chi connectivity index (χ1n) is 2.91. The van der Waals surface area contributed by atoms with Gasteiger partial charge in [-0.2, -0.15) is 0 Å². The van der Waals surface area contributed by atoms with Crippen molar-refractivity contribution in [2.45, 2.75) is 12.5 Å². The molecule has 0 aliphatic carbocycles. The summed E-state index contributed by atoms with van der Waals surface area (Å²) >= 11 is 2.36. The monoisotopic (exact) mass is 226 g/mol. The van der Waals surface area contributed by atoms with Crippen LogP contribution in [0.3, 0.4) is 0 Å². The summed E-state index contributed by atoms with van der Waals surface area (Å²) in [6.45, 7) is 2.45. The molecule has 1 aliphatic rings. The Morgan fingerprint density at radius 2 is 2.50 bits per heavy atom. The molecule has 0 amide bonds. The molecule has 1 saturated heterocycles. The molecule has 1 atom stereocenters.